The molecule has 1 amide bonds. The number of nitrogens with one attached hydrogen (secondary N) is 1. The highest BCUT2D eigenvalue weighted by Gasteiger charge is 2.36. The number of ether oxygens (including phenoxy) is 2. The van der Waals surface area contributed by atoms with Gasteiger partial charge in [-0.25, -0.2) is 4.98 Å². The number of aryl methyl sites for hydroxylation is 1. The van der Waals surface area contributed by atoms with Gasteiger partial charge in [0.2, 0.25) is 5.88 Å². The molecule has 1 N–H and O–H groups in total. The first-order chi connectivity index (χ1) is 18.6. The van der Waals surface area contributed by atoms with Crippen molar-refractivity contribution >= 4 is 11.6 Å². The Bertz CT molecular complexity index is 1420. The molecule has 0 bridgehead atoms. The third-order valence-electron chi connectivity index (χ3n) is 7.41. The van der Waals surface area contributed by atoms with Crippen LogP contribution in [0.15, 0.2) is 71.3 Å². The van der Waals surface area contributed by atoms with Gasteiger partial charge in [-0.2, -0.15) is 0 Å². The van der Waals surface area contributed by atoms with Crippen molar-refractivity contribution in [1.29, 1.82) is 0 Å². The quantitative estimate of drug-likeness (QED) is 0.372. The Kier molecular flexibility index (Phi) is 6.66. The minimum Gasteiger partial charge on any atom is -0.479 e. The van der Waals surface area contributed by atoms with E-state index in [1.165, 1.54) is 5.56 Å². The van der Waals surface area contributed by atoms with E-state index in [4.69, 9.17) is 14.0 Å². The van der Waals surface area contributed by atoms with Gasteiger partial charge >= 0.3 is 0 Å². The lowest BCUT2D eigenvalue weighted by Crippen LogP contribution is -2.22. The van der Waals surface area contributed by atoms with Crippen molar-refractivity contribution in [3.8, 4) is 28.4 Å². The highest BCUT2D eigenvalue weighted by Crippen LogP contribution is 2.32. The maximum Gasteiger partial charge on any atom is 0.261 e. The van der Waals surface area contributed by atoms with Crippen molar-refractivity contribution in [2.24, 2.45) is 11.8 Å². The van der Waals surface area contributed by atoms with Gasteiger partial charge in [-0.05, 0) is 24.6 Å². The number of fused-ring (bicyclic) bond motifs is 1. The molecule has 8 heteroatoms. The number of nitrogens with zero attached hydrogens (tertiary/aromatic N) is 3. The van der Waals surface area contributed by atoms with Crippen LogP contribution < -0.4 is 10.1 Å². The van der Waals surface area contributed by atoms with Gasteiger partial charge in [0.15, 0.2) is 0 Å². The molecule has 0 aliphatic carbocycles. The van der Waals surface area contributed by atoms with E-state index in [0.717, 1.165) is 49.7 Å². The Morgan fingerprint density at radius 1 is 1.00 bits per heavy atom. The predicted octanol–water partition coefficient (Wildman–Crippen LogP) is 5.05. The summed E-state index contributed by atoms with van der Waals surface area (Å²) in [6.45, 7) is 6.69. The molecule has 2 unspecified atom stereocenters. The molecule has 2 fully saturated rings. The summed E-state index contributed by atoms with van der Waals surface area (Å²) in [6.07, 6.45) is 0. The van der Waals surface area contributed by atoms with Crippen molar-refractivity contribution in [3.05, 3.63) is 83.6 Å². The normalized spacial score (nSPS) is 18.9. The van der Waals surface area contributed by atoms with Gasteiger partial charge in [0.05, 0.1) is 26.0 Å². The van der Waals surface area contributed by atoms with E-state index in [0.29, 0.717) is 40.4 Å². The maximum absolute atomic E-state index is 13.3. The number of amides is 1. The van der Waals surface area contributed by atoms with Crippen molar-refractivity contribution in [3.63, 3.8) is 0 Å². The number of carbonyl (C=O) groups excluding carboxylic acids is 1. The SMILES string of the molecule is COc1nc(-c2ccc(CN3CC4COCC4C3)cc2)ccc1NC(=O)c1c(-c2ccccc2)noc1C. The lowest BCUT2D eigenvalue weighted by atomic mass is 10.0. The number of anilines is 1. The van der Waals surface area contributed by atoms with E-state index in [2.05, 4.69) is 44.6 Å². The lowest BCUT2D eigenvalue weighted by molar-refractivity contribution is 0.102. The molecule has 8 nitrogen and oxygen atoms in total. The van der Waals surface area contributed by atoms with Gasteiger partial charge in [0.25, 0.3) is 5.91 Å². The molecule has 2 aliphatic heterocycles. The molecule has 0 spiro atoms. The van der Waals surface area contributed by atoms with Crippen molar-refractivity contribution in [1.82, 2.24) is 15.0 Å². The zero-order chi connectivity index (χ0) is 26.1. The number of carbonyl (C=O) groups is 1. The molecule has 2 aromatic carbocycles. The first kappa shape index (κ1) is 24.3. The summed E-state index contributed by atoms with van der Waals surface area (Å²) in [4.78, 5) is 20.4. The lowest BCUT2D eigenvalue weighted by Gasteiger charge is -2.17. The number of benzene rings is 2. The van der Waals surface area contributed by atoms with Crippen LogP contribution in [0.2, 0.25) is 0 Å². The Morgan fingerprint density at radius 3 is 2.45 bits per heavy atom. The Morgan fingerprint density at radius 2 is 1.74 bits per heavy atom. The summed E-state index contributed by atoms with van der Waals surface area (Å²) in [5.74, 6) is 1.81. The summed E-state index contributed by atoms with van der Waals surface area (Å²) in [6, 6.07) is 21.7. The molecule has 2 aromatic heterocycles. The van der Waals surface area contributed by atoms with Crippen LogP contribution in [-0.4, -0.2) is 54.4 Å². The first-order valence-corrected chi connectivity index (χ1v) is 12.9. The van der Waals surface area contributed by atoms with Crippen LogP contribution >= 0.6 is 0 Å². The molecule has 4 heterocycles. The standard InChI is InChI=1S/C30H30N4O4/c1-19-27(28(33-38-19)22-6-4-3-5-7-22)29(35)31-26-13-12-25(32-30(26)36-2)21-10-8-20(9-11-21)14-34-15-23-17-37-18-24(23)16-34/h3-13,23-24H,14-18H2,1-2H3,(H,31,35). The van der Waals surface area contributed by atoms with Gasteiger partial charge in [0, 0.05) is 42.6 Å². The number of methoxy groups -OCH3 is 1. The molecule has 4 aromatic rings. The average molecular weight is 511 g/mol. The van der Waals surface area contributed by atoms with Crippen LogP contribution in [-0.2, 0) is 11.3 Å². The van der Waals surface area contributed by atoms with Gasteiger partial charge < -0.3 is 19.3 Å². The Balaban J connectivity index is 1.17. The van der Waals surface area contributed by atoms with Crippen LogP contribution in [0, 0.1) is 18.8 Å². The number of rotatable bonds is 7. The fraction of sp³-hybridized carbons (Fsp3) is 0.300. The minimum absolute atomic E-state index is 0.334. The van der Waals surface area contributed by atoms with E-state index in [9.17, 15) is 4.79 Å². The maximum atomic E-state index is 13.3. The van der Waals surface area contributed by atoms with E-state index in [1.54, 1.807) is 14.0 Å². The fourth-order valence-corrected chi connectivity index (χ4v) is 5.42. The van der Waals surface area contributed by atoms with Crippen LogP contribution in [0.4, 0.5) is 5.69 Å². The van der Waals surface area contributed by atoms with Gasteiger partial charge in [-0.1, -0.05) is 59.8 Å². The van der Waals surface area contributed by atoms with Crippen molar-refractivity contribution in [2.75, 3.05) is 38.7 Å². The van der Waals surface area contributed by atoms with E-state index >= 15 is 0 Å². The monoisotopic (exact) mass is 510 g/mol. The Hall–Kier alpha value is -4.01. The Labute approximate surface area is 221 Å². The summed E-state index contributed by atoms with van der Waals surface area (Å²) in [5.41, 5.74) is 5.19. The fourth-order valence-electron chi connectivity index (χ4n) is 5.42. The zero-order valence-corrected chi connectivity index (χ0v) is 21.5. The van der Waals surface area contributed by atoms with Crippen LogP contribution in [0.5, 0.6) is 5.88 Å². The number of hydrogen-bond donors (Lipinski definition) is 1. The summed E-state index contributed by atoms with van der Waals surface area (Å²) < 4.78 is 16.5. The van der Waals surface area contributed by atoms with E-state index < -0.39 is 0 Å². The summed E-state index contributed by atoms with van der Waals surface area (Å²) in [7, 11) is 1.54. The molecular weight excluding hydrogens is 480 g/mol. The molecule has 0 saturated carbocycles. The summed E-state index contributed by atoms with van der Waals surface area (Å²) >= 11 is 0. The smallest absolute Gasteiger partial charge is 0.261 e. The molecule has 38 heavy (non-hydrogen) atoms. The molecule has 194 valence electrons. The van der Waals surface area contributed by atoms with Crippen molar-refractivity contribution in [2.45, 2.75) is 13.5 Å². The largest absolute Gasteiger partial charge is 0.479 e. The van der Waals surface area contributed by atoms with Crippen LogP contribution in [0.25, 0.3) is 22.5 Å². The van der Waals surface area contributed by atoms with E-state index in [-0.39, 0.29) is 5.91 Å². The van der Waals surface area contributed by atoms with Crippen LogP contribution in [0.1, 0.15) is 21.7 Å². The second-order valence-electron chi connectivity index (χ2n) is 9.98. The van der Waals surface area contributed by atoms with Gasteiger partial charge in [-0.3, -0.25) is 9.69 Å². The molecule has 0 radical (unpaired) electrons. The van der Waals surface area contributed by atoms with E-state index in [1.807, 2.05) is 42.5 Å². The second-order valence-corrected chi connectivity index (χ2v) is 9.98. The highest BCUT2D eigenvalue weighted by molar-refractivity contribution is 6.09. The summed E-state index contributed by atoms with van der Waals surface area (Å²) in [5, 5.41) is 7.03. The third kappa shape index (κ3) is 4.80. The molecule has 6 rings (SSSR count). The molecular formula is C30H30N4O4. The molecule has 2 aliphatic rings. The number of hydrogen-bond acceptors (Lipinski definition) is 7. The second kappa shape index (κ2) is 10.4. The average Bonchev–Trinajstić information content (AvgIpc) is 3.65. The number of aromatic nitrogens is 2. The topological polar surface area (TPSA) is 89.7 Å². The third-order valence-corrected chi connectivity index (χ3v) is 7.41. The molecule has 2 saturated heterocycles. The first-order valence-electron chi connectivity index (χ1n) is 12.9. The van der Waals surface area contributed by atoms with Gasteiger partial charge in [0.1, 0.15) is 22.7 Å². The highest BCUT2D eigenvalue weighted by atomic mass is 16.5. The van der Waals surface area contributed by atoms with Crippen LogP contribution in [0.3, 0.4) is 0 Å². The predicted molar refractivity (Wildman–Crippen MR) is 144 cm³/mol. The zero-order valence-electron chi connectivity index (χ0n) is 21.5. The van der Waals surface area contributed by atoms with Crippen molar-refractivity contribution < 1.29 is 18.8 Å². The number of pyridine rings is 1. The minimum atomic E-state index is -0.336. The molecule has 2 atom stereocenters. The number of likely N-dealkylation sites (tertiary alicyclic amines) is 1. The van der Waals surface area contributed by atoms with Gasteiger partial charge in [-0.15, -0.1) is 0 Å².